The van der Waals surface area contributed by atoms with Gasteiger partial charge in [0.2, 0.25) is 5.91 Å². The summed E-state index contributed by atoms with van der Waals surface area (Å²) in [6.07, 6.45) is 4.12. The Balaban J connectivity index is 1.89. The van der Waals surface area contributed by atoms with Crippen LogP contribution < -0.4 is 20.3 Å². The maximum atomic E-state index is 14.3. The number of benzene rings is 2. The summed E-state index contributed by atoms with van der Waals surface area (Å²) in [7, 11) is 1.60. The van der Waals surface area contributed by atoms with Crippen LogP contribution in [0, 0.1) is 11.6 Å². The summed E-state index contributed by atoms with van der Waals surface area (Å²) in [6.45, 7) is 3.88. The molecule has 1 N–H and O–H groups in total. The Kier molecular flexibility index (Phi) is 5.77. The molecular formula is C24H20F2N2O4. The summed E-state index contributed by atoms with van der Waals surface area (Å²) in [4.78, 5) is 24.4. The van der Waals surface area contributed by atoms with Crippen molar-refractivity contribution in [2.24, 2.45) is 7.05 Å². The van der Waals surface area contributed by atoms with Crippen molar-refractivity contribution in [3.8, 4) is 28.4 Å². The van der Waals surface area contributed by atoms with Gasteiger partial charge >= 0.3 is 0 Å². The summed E-state index contributed by atoms with van der Waals surface area (Å²) < 4.78 is 40.4. The maximum absolute atomic E-state index is 14.3. The van der Waals surface area contributed by atoms with E-state index in [2.05, 4.69) is 11.9 Å². The van der Waals surface area contributed by atoms with E-state index in [1.165, 1.54) is 10.6 Å². The number of anilines is 1. The molecule has 0 bridgehead atoms. The van der Waals surface area contributed by atoms with Crippen molar-refractivity contribution in [3.05, 3.63) is 82.8 Å². The number of pyridine rings is 1. The van der Waals surface area contributed by atoms with Crippen LogP contribution in [0.2, 0.25) is 0 Å². The van der Waals surface area contributed by atoms with Crippen molar-refractivity contribution in [1.29, 1.82) is 0 Å². The number of nitrogens with one attached hydrogen (secondary N) is 1. The molecule has 0 fully saturated rings. The summed E-state index contributed by atoms with van der Waals surface area (Å²) in [5.41, 5.74) is 2.06. The maximum Gasteiger partial charge on any atom is 0.292 e. The van der Waals surface area contributed by atoms with Crippen molar-refractivity contribution in [3.63, 3.8) is 0 Å². The Morgan fingerprint density at radius 1 is 1.19 bits per heavy atom. The third-order valence-electron chi connectivity index (χ3n) is 5.09. The average Bonchev–Trinajstić information content (AvgIpc) is 2.79. The topological polar surface area (TPSA) is 69.6 Å². The molecule has 2 heterocycles. The Morgan fingerprint density at radius 3 is 2.72 bits per heavy atom. The van der Waals surface area contributed by atoms with Crippen molar-refractivity contribution in [2.75, 3.05) is 11.9 Å². The van der Waals surface area contributed by atoms with Crippen molar-refractivity contribution in [2.45, 2.75) is 12.8 Å². The molecular weight excluding hydrogens is 418 g/mol. The molecule has 1 aliphatic rings. The predicted octanol–water partition coefficient (Wildman–Crippen LogP) is 4.57. The second kappa shape index (κ2) is 8.66. The minimum absolute atomic E-state index is 0.162. The van der Waals surface area contributed by atoms with Gasteiger partial charge in [-0.2, -0.15) is 0 Å². The van der Waals surface area contributed by atoms with E-state index in [-0.39, 0.29) is 22.8 Å². The van der Waals surface area contributed by atoms with Gasteiger partial charge in [0.25, 0.3) is 5.56 Å². The lowest BCUT2D eigenvalue weighted by Gasteiger charge is -2.22. The molecule has 0 atom stereocenters. The van der Waals surface area contributed by atoms with Crippen LogP contribution >= 0.6 is 0 Å². The molecule has 0 spiro atoms. The number of hydrogen-bond donors (Lipinski definition) is 1. The van der Waals surface area contributed by atoms with Crippen LogP contribution in [0.25, 0.3) is 11.1 Å². The molecule has 2 aromatic carbocycles. The first kappa shape index (κ1) is 21.3. The number of halogens is 2. The molecule has 1 aliphatic heterocycles. The Morgan fingerprint density at radius 2 is 1.97 bits per heavy atom. The van der Waals surface area contributed by atoms with Gasteiger partial charge in [0.1, 0.15) is 11.6 Å². The highest BCUT2D eigenvalue weighted by Gasteiger charge is 2.23. The van der Waals surface area contributed by atoms with E-state index in [4.69, 9.17) is 9.47 Å². The zero-order valence-electron chi connectivity index (χ0n) is 17.3. The lowest BCUT2D eigenvalue weighted by Crippen LogP contribution is -2.24. The van der Waals surface area contributed by atoms with Gasteiger partial charge in [-0.3, -0.25) is 9.59 Å². The smallest absolute Gasteiger partial charge is 0.292 e. The molecule has 0 saturated heterocycles. The van der Waals surface area contributed by atoms with Gasteiger partial charge in [0.05, 0.1) is 6.61 Å². The highest BCUT2D eigenvalue weighted by molar-refractivity contribution is 5.99. The predicted molar refractivity (Wildman–Crippen MR) is 116 cm³/mol. The summed E-state index contributed by atoms with van der Waals surface area (Å²) >= 11 is 0. The monoisotopic (exact) mass is 438 g/mol. The Labute approximate surface area is 182 Å². The van der Waals surface area contributed by atoms with E-state index in [1.54, 1.807) is 31.4 Å². The zero-order valence-corrected chi connectivity index (χ0v) is 17.3. The van der Waals surface area contributed by atoms with Gasteiger partial charge in [-0.15, -0.1) is 0 Å². The van der Waals surface area contributed by atoms with Crippen molar-refractivity contribution >= 4 is 11.6 Å². The number of rotatable bonds is 5. The third kappa shape index (κ3) is 4.12. The van der Waals surface area contributed by atoms with Crippen molar-refractivity contribution < 1.29 is 23.0 Å². The van der Waals surface area contributed by atoms with Crippen LogP contribution in [0.3, 0.4) is 0 Å². The molecule has 164 valence electrons. The van der Waals surface area contributed by atoms with Gasteiger partial charge in [0.15, 0.2) is 17.3 Å². The number of carbonyl (C=O) groups is 1. The number of hydrogen-bond acceptors (Lipinski definition) is 4. The number of aryl methyl sites for hydroxylation is 1. The Bertz CT molecular complexity index is 1280. The number of ether oxygens (including phenoxy) is 2. The van der Waals surface area contributed by atoms with E-state index >= 15 is 0 Å². The zero-order chi connectivity index (χ0) is 22.8. The van der Waals surface area contributed by atoms with Gasteiger partial charge in [-0.1, -0.05) is 6.58 Å². The first-order valence-corrected chi connectivity index (χ1v) is 9.93. The normalized spacial score (nSPS) is 12.5. The largest absolute Gasteiger partial charge is 0.488 e. The fraction of sp³-hybridized carbons (Fsp3) is 0.167. The minimum atomic E-state index is -0.856. The van der Waals surface area contributed by atoms with Gasteiger partial charge in [-0.25, -0.2) is 8.78 Å². The highest BCUT2D eigenvalue weighted by Crippen LogP contribution is 2.40. The first-order valence-electron chi connectivity index (χ1n) is 9.93. The van der Waals surface area contributed by atoms with Crippen LogP contribution in [0.1, 0.15) is 12.0 Å². The summed E-state index contributed by atoms with van der Waals surface area (Å²) in [6, 6.07) is 7.84. The molecule has 3 aromatic rings. The second-order valence-corrected chi connectivity index (χ2v) is 7.30. The lowest BCUT2D eigenvalue weighted by molar-refractivity contribution is -0.111. The standard InChI is InChI=1S/C24H20F2N2O4/c1-3-22(29)27-15-7-9-20(32-21-8-6-14(25)11-19(21)26)17(12-15)18-13-28(2)24(30)23-16(18)5-4-10-31-23/h3,6-9,11-13H,1,4-5,10H2,2H3,(H,27,29). The van der Waals surface area contributed by atoms with Crippen LogP contribution in [0.4, 0.5) is 14.5 Å². The fourth-order valence-electron chi connectivity index (χ4n) is 3.57. The third-order valence-corrected chi connectivity index (χ3v) is 5.09. The molecule has 1 aromatic heterocycles. The SMILES string of the molecule is C=CC(=O)Nc1ccc(Oc2ccc(F)cc2F)c(-c2cn(C)c(=O)c3c2CCCO3)c1. The van der Waals surface area contributed by atoms with E-state index in [9.17, 15) is 18.4 Å². The van der Waals surface area contributed by atoms with Crippen molar-refractivity contribution in [1.82, 2.24) is 4.57 Å². The molecule has 1 amide bonds. The number of carbonyl (C=O) groups excluding carboxylic acids is 1. The van der Waals surface area contributed by atoms with Crippen LogP contribution in [-0.4, -0.2) is 17.1 Å². The molecule has 0 aliphatic carbocycles. The Hall–Kier alpha value is -3.94. The summed E-state index contributed by atoms with van der Waals surface area (Å²) in [5.74, 6) is -1.62. The van der Waals surface area contributed by atoms with E-state index in [0.29, 0.717) is 35.4 Å². The van der Waals surface area contributed by atoms with Crippen LogP contribution in [0.15, 0.2) is 60.0 Å². The first-order chi connectivity index (χ1) is 15.4. The lowest BCUT2D eigenvalue weighted by atomic mass is 9.95. The number of nitrogens with zero attached hydrogens (tertiary/aromatic N) is 1. The van der Waals surface area contributed by atoms with Crippen LogP contribution in [0.5, 0.6) is 17.2 Å². The average molecular weight is 438 g/mol. The van der Waals surface area contributed by atoms with Gasteiger partial charge < -0.3 is 19.4 Å². The molecule has 8 heteroatoms. The molecule has 0 saturated carbocycles. The summed E-state index contributed by atoms with van der Waals surface area (Å²) in [5, 5.41) is 2.68. The number of amides is 1. The van der Waals surface area contributed by atoms with Gasteiger partial charge in [0, 0.05) is 41.7 Å². The van der Waals surface area contributed by atoms with Crippen LogP contribution in [-0.2, 0) is 18.3 Å². The fourth-order valence-corrected chi connectivity index (χ4v) is 3.57. The number of fused-ring (bicyclic) bond motifs is 1. The quantitative estimate of drug-likeness (QED) is 0.593. The molecule has 6 nitrogen and oxygen atoms in total. The highest BCUT2D eigenvalue weighted by atomic mass is 19.1. The molecule has 32 heavy (non-hydrogen) atoms. The van der Waals surface area contributed by atoms with E-state index < -0.39 is 17.5 Å². The van der Waals surface area contributed by atoms with Gasteiger partial charge in [-0.05, 0) is 49.2 Å². The second-order valence-electron chi connectivity index (χ2n) is 7.30. The minimum Gasteiger partial charge on any atom is -0.488 e. The number of aromatic nitrogens is 1. The van der Waals surface area contributed by atoms with E-state index in [0.717, 1.165) is 24.6 Å². The molecule has 0 unspecified atom stereocenters. The molecule has 0 radical (unpaired) electrons. The molecule has 4 rings (SSSR count). The van der Waals surface area contributed by atoms with E-state index in [1.807, 2.05) is 0 Å².